The summed E-state index contributed by atoms with van der Waals surface area (Å²) in [5, 5.41) is 0. The third-order valence-corrected chi connectivity index (χ3v) is 2.40. The first-order chi connectivity index (χ1) is 7.22. The molecule has 78 valence electrons. The second-order valence-electron chi connectivity index (χ2n) is 3.34. The van der Waals surface area contributed by atoms with Crippen LogP contribution in [-0.4, -0.2) is 9.55 Å². The molecule has 4 heteroatoms. The van der Waals surface area contributed by atoms with E-state index in [4.69, 9.17) is 5.73 Å². The van der Waals surface area contributed by atoms with E-state index in [1.165, 1.54) is 12.1 Å². The van der Waals surface area contributed by atoms with Gasteiger partial charge in [0.2, 0.25) is 0 Å². The van der Waals surface area contributed by atoms with Crippen LogP contribution in [0.1, 0.15) is 5.69 Å². The van der Waals surface area contributed by atoms with Crippen molar-refractivity contribution < 1.29 is 4.39 Å². The molecular weight excluding hydrogens is 193 g/mol. The molecule has 1 aromatic carbocycles. The fourth-order valence-corrected chi connectivity index (χ4v) is 1.50. The van der Waals surface area contributed by atoms with E-state index < -0.39 is 0 Å². The Labute approximate surface area is 87.4 Å². The van der Waals surface area contributed by atoms with Crippen LogP contribution in [0.25, 0.3) is 11.4 Å². The van der Waals surface area contributed by atoms with Crippen molar-refractivity contribution in [3.05, 3.63) is 42.0 Å². The molecule has 0 aliphatic carbocycles. The topological polar surface area (TPSA) is 43.8 Å². The fourth-order valence-electron chi connectivity index (χ4n) is 1.50. The Morgan fingerprint density at radius 2 is 2.00 bits per heavy atom. The summed E-state index contributed by atoms with van der Waals surface area (Å²) in [6.07, 6.45) is 1.73. The van der Waals surface area contributed by atoms with Crippen molar-refractivity contribution in [1.82, 2.24) is 9.55 Å². The van der Waals surface area contributed by atoms with Crippen molar-refractivity contribution in [2.24, 2.45) is 12.8 Å². The number of halogens is 1. The minimum Gasteiger partial charge on any atom is -0.330 e. The molecule has 0 aliphatic heterocycles. The van der Waals surface area contributed by atoms with Gasteiger partial charge in [-0.05, 0) is 24.3 Å². The summed E-state index contributed by atoms with van der Waals surface area (Å²) in [5.41, 5.74) is 7.39. The summed E-state index contributed by atoms with van der Waals surface area (Å²) in [4.78, 5) is 4.25. The van der Waals surface area contributed by atoms with Crippen LogP contribution in [0.5, 0.6) is 0 Å². The van der Waals surface area contributed by atoms with Crippen molar-refractivity contribution in [3.63, 3.8) is 0 Å². The van der Waals surface area contributed by atoms with E-state index >= 15 is 0 Å². The van der Waals surface area contributed by atoms with Crippen LogP contribution in [0.4, 0.5) is 4.39 Å². The van der Waals surface area contributed by atoms with E-state index in [9.17, 15) is 4.39 Å². The lowest BCUT2D eigenvalue weighted by Crippen LogP contribution is -2.04. The molecule has 0 radical (unpaired) electrons. The van der Waals surface area contributed by atoms with Crippen LogP contribution in [0.3, 0.4) is 0 Å². The Morgan fingerprint density at radius 1 is 1.33 bits per heavy atom. The fraction of sp³-hybridized carbons (Fsp3) is 0.182. The SMILES string of the molecule is Cn1c(CN)cnc1-c1ccc(F)cc1. The molecule has 3 nitrogen and oxygen atoms in total. The van der Waals surface area contributed by atoms with E-state index in [-0.39, 0.29) is 5.82 Å². The predicted molar refractivity (Wildman–Crippen MR) is 56.5 cm³/mol. The van der Waals surface area contributed by atoms with Gasteiger partial charge in [0.25, 0.3) is 0 Å². The molecule has 1 heterocycles. The molecule has 2 aromatic rings. The Hall–Kier alpha value is -1.68. The van der Waals surface area contributed by atoms with Gasteiger partial charge in [-0.15, -0.1) is 0 Å². The molecule has 0 saturated heterocycles. The van der Waals surface area contributed by atoms with Gasteiger partial charge in [-0.3, -0.25) is 0 Å². The normalized spacial score (nSPS) is 10.6. The molecule has 0 atom stereocenters. The Kier molecular flexibility index (Phi) is 2.51. The number of nitrogens with zero attached hydrogens (tertiary/aromatic N) is 2. The molecule has 1 aromatic heterocycles. The highest BCUT2D eigenvalue weighted by molar-refractivity contribution is 5.55. The molecule has 0 fully saturated rings. The number of rotatable bonds is 2. The monoisotopic (exact) mass is 205 g/mol. The number of benzene rings is 1. The maximum atomic E-state index is 12.7. The van der Waals surface area contributed by atoms with Gasteiger partial charge in [-0.2, -0.15) is 0 Å². The average Bonchev–Trinajstić information content (AvgIpc) is 2.61. The third kappa shape index (κ3) is 1.76. The second-order valence-corrected chi connectivity index (χ2v) is 3.34. The third-order valence-electron chi connectivity index (χ3n) is 2.40. The summed E-state index contributed by atoms with van der Waals surface area (Å²) < 4.78 is 14.6. The highest BCUT2D eigenvalue weighted by Gasteiger charge is 2.07. The second kappa shape index (κ2) is 3.82. The van der Waals surface area contributed by atoms with Crippen LogP contribution in [0, 0.1) is 5.82 Å². The predicted octanol–water partition coefficient (Wildman–Crippen LogP) is 1.68. The van der Waals surface area contributed by atoms with Gasteiger partial charge in [0.15, 0.2) is 0 Å². The molecule has 0 bridgehead atoms. The lowest BCUT2D eigenvalue weighted by atomic mass is 10.2. The smallest absolute Gasteiger partial charge is 0.139 e. The van der Waals surface area contributed by atoms with Crippen LogP contribution in [0.15, 0.2) is 30.5 Å². The molecule has 0 saturated carbocycles. The molecule has 2 rings (SSSR count). The van der Waals surface area contributed by atoms with Gasteiger partial charge in [-0.1, -0.05) is 0 Å². The number of hydrogen-bond acceptors (Lipinski definition) is 2. The maximum absolute atomic E-state index is 12.7. The Balaban J connectivity index is 2.45. The van der Waals surface area contributed by atoms with Gasteiger partial charge >= 0.3 is 0 Å². The van der Waals surface area contributed by atoms with Crippen LogP contribution in [-0.2, 0) is 13.6 Å². The Morgan fingerprint density at radius 3 is 2.53 bits per heavy atom. The van der Waals surface area contributed by atoms with Crippen molar-refractivity contribution in [1.29, 1.82) is 0 Å². The zero-order chi connectivity index (χ0) is 10.8. The lowest BCUT2D eigenvalue weighted by molar-refractivity contribution is 0.628. The maximum Gasteiger partial charge on any atom is 0.139 e. The molecule has 15 heavy (non-hydrogen) atoms. The number of nitrogens with two attached hydrogens (primary N) is 1. The van der Waals surface area contributed by atoms with E-state index in [0.29, 0.717) is 6.54 Å². The van der Waals surface area contributed by atoms with E-state index in [0.717, 1.165) is 17.1 Å². The summed E-state index contributed by atoms with van der Waals surface area (Å²) in [5.74, 6) is 0.558. The summed E-state index contributed by atoms with van der Waals surface area (Å²) in [7, 11) is 1.90. The standard InChI is InChI=1S/C11H12FN3/c1-15-10(6-13)7-14-11(15)8-2-4-9(12)5-3-8/h2-5,7H,6,13H2,1H3. The van der Waals surface area contributed by atoms with Crippen LogP contribution >= 0.6 is 0 Å². The zero-order valence-corrected chi connectivity index (χ0v) is 8.44. The summed E-state index contributed by atoms with van der Waals surface area (Å²) in [6.45, 7) is 0.449. The van der Waals surface area contributed by atoms with Crippen LogP contribution < -0.4 is 5.73 Å². The number of aromatic nitrogens is 2. The molecular formula is C11H12FN3. The summed E-state index contributed by atoms with van der Waals surface area (Å²) in [6, 6.07) is 6.26. The molecule has 0 amide bonds. The molecule has 0 aliphatic rings. The van der Waals surface area contributed by atoms with E-state index in [1.54, 1.807) is 18.3 Å². The molecule has 0 unspecified atom stereocenters. The van der Waals surface area contributed by atoms with Gasteiger partial charge in [-0.25, -0.2) is 9.37 Å². The summed E-state index contributed by atoms with van der Waals surface area (Å²) >= 11 is 0. The first kappa shape index (κ1) is 9.86. The lowest BCUT2D eigenvalue weighted by Gasteiger charge is -2.04. The minimum absolute atomic E-state index is 0.244. The van der Waals surface area contributed by atoms with Gasteiger partial charge in [0, 0.05) is 19.2 Å². The first-order valence-corrected chi connectivity index (χ1v) is 4.69. The number of imidazole rings is 1. The largest absolute Gasteiger partial charge is 0.330 e. The van der Waals surface area contributed by atoms with E-state index in [2.05, 4.69) is 4.98 Å². The van der Waals surface area contributed by atoms with E-state index in [1.807, 2.05) is 11.6 Å². The van der Waals surface area contributed by atoms with Gasteiger partial charge in [0.1, 0.15) is 11.6 Å². The molecule has 0 spiro atoms. The quantitative estimate of drug-likeness (QED) is 0.810. The van der Waals surface area contributed by atoms with Crippen molar-refractivity contribution in [2.45, 2.75) is 6.54 Å². The highest BCUT2D eigenvalue weighted by Crippen LogP contribution is 2.18. The average molecular weight is 205 g/mol. The van der Waals surface area contributed by atoms with Gasteiger partial charge < -0.3 is 10.3 Å². The highest BCUT2D eigenvalue weighted by atomic mass is 19.1. The molecule has 2 N–H and O–H groups in total. The Bertz CT molecular complexity index is 459. The number of hydrogen-bond donors (Lipinski definition) is 1. The first-order valence-electron chi connectivity index (χ1n) is 4.69. The van der Waals surface area contributed by atoms with Crippen molar-refractivity contribution >= 4 is 0 Å². The van der Waals surface area contributed by atoms with Crippen molar-refractivity contribution in [2.75, 3.05) is 0 Å². The minimum atomic E-state index is -0.244. The van der Waals surface area contributed by atoms with Crippen LogP contribution in [0.2, 0.25) is 0 Å². The van der Waals surface area contributed by atoms with Crippen molar-refractivity contribution in [3.8, 4) is 11.4 Å². The zero-order valence-electron chi connectivity index (χ0n) is 8.44. The van der Waals surface area contributed by atoms with Gasteiger partial charge in [0.05, 0.1) is 11.9 Å².